The van der Waals surface area contributed by atoms with E-state index in [1.54, 1.807) is 0 Å². The molecule has 0 saturated heterocycles. The van der Waals surface area contributed by atoms with Crippen LogP contribution in [0.4, 0.5) is 0 Å². The number of hydrogen-bond acceptors (Lipinski definition) is 3. The van der Waals surface area contributed by atoms with Crippen LogP contribution in [-0.2, 0) is 6.42 Å². The predicted molar refractivity (Wildman–Crippen MR) is 59.4 cm³/mol. The Morgan fingerprint density at radius 1 is 1.27 bits per heavy atom. The SMILES string of the molecule is CC(CN)Cc1ccc2c(c1)OCCO2. The Labute approximate surface area is 90.2 Å². The maximum absolute atomic E-state index is 5.60. The molecule has 1 aromatic rings. The van der Waals surface area contributed by atoms with Crippen LogP contribution in [0.25, 0.3) is 0 Å². The van der Waals surface area contributed by atoms with Gasteiger partial charge in [-0.25, -0.2) is 0 Å². The molecule has 15 heavy (non-hydrogen) atoms. The lowest BCUT2D eigenvalue weighted by atomic mass is 10.0. The molecule has 1 aliphatic rings. The quantitative estimate of drug-likeness (QED) is 0.818. The molecule has 1 atom stereocenters. The maximum Gasteiger partial charge on any atom is 0.161 e. The first kappa shape index (κ1) is 10.3. The summed E-state index contributed by atoms with van der Waals surface area (Å²) in [7, 11) is 0. The molecule has 0 fully saturated rings. The largest absolute Gasteiger partial charge is 0.486 e. The molecule has 82 valence electrons. The highest BCUT2D eigenvalue weighted by molar-refractivity contribution is 5.43. The van der Waals surface area contributed by atoms with Gasteiger partial charge in [0.05, 0.1) is 0 Å². The summed E-state index contributed by atoms with van der Waals surface area (Å²) in [5.41, 5.74) is 6.86. The lowest BCUT2D eigenvalue weighted by molar-refractivity contribution is 0.171. The van der Waals surface area contributed by atoms with E-state index in [0.717, 1.165) is 17.9 Å². The Bertz CT molecular complexity index is 338. The highest BCUT2D eigenvalue weighted by Crippen LogP contribution is 2.31. The minimum Gasteiger partial charge on any atom is -0.486 e. The monoisotopic (exact) mass is 207 g/mol. The smallest absolute Gasteiger partial charge is 0.161 e. The van der Waals surface area contributed by atoms with Crippen molar-refractivity contribution in [2.24, 2.45) is 11.7 Å². The van der Waals surface area contributed by atoms with E-state index >= 15 is 0 Å². The van der Waals surface area contributed by atoms with Crippen LogP contribution in [0.5, 0.6) is 11.5 Å². The molecule has 1 heterocycles. The van der Waals surface area contributed by atoms with Crippen molar-refractivity contribution >= 4 is 0 Å². The van der Waals surface area contributed by atoms with Crippen LogP contribution < -0.4 is 15.2 Å². The Kier molecular flexibility index (Phi) is 3.11. The van der Waals surface area contributed by atoms with Gasteiger partial charge in [-0.1, -0.05) is 13.0 Å². The highest BCUT2D eigenvalue weighted by Gasteiger charge is 2.12. The van der Waals surface area contributed by atoms with Crippen molar-refractivity contribution in [3.8, 4) is 11.5 Å². The molecule has 1 aliphatic heterocycles. The van der Waals surface area contributed by atoms with Crippen LogP contribution >= 0.6 is 0 Å². The fourth-order valence-electron chi connectivity index (χ4n) is 1.70. The number of nitrogens with two attached hydrogens (primary N) is 1. The molecular formula is C12H17NO2. The minimum absolute atomic E-state index is 0.507. The summed E-state index contributed by atoms with van der Waals surface area (Å²) in [5.74, 6) is 2.22. The van der Waals surface area contributed by atoms with Crippen molar-refractivity contribution in [1.29, 1.82) is 0 Å². The molecule has 1 unspecified atom stereocenters. The van der Waals surface area contributed by atoms with E-state index in [9.17, 15) is 0 Å². The second-order valence-corrected chi connectivity index (χ2v) is 4.02. The first-order chi connectivity index (χ1) is 7.29. The van der Waals surface area contributed by atoms with Gasteiger partial charge in [-0.05, 0) is 36.6 Å². The van der Waals surface area contributed by atoms with Gasteiger partial charge in [-0.3, -0.25) is 0 Å². The van der Waals surface area contributed by atoms with Crippen LogP contribution in [0.15, 0.2) is 18.2 Å². The van der Waals surface area contributed by atoms with E-state index in [4.69, 9.17) is 15.2 Å². The molecule has 2 rings (SSSR count). The molecule has 0 radical (unpaired) electrons. The molecule has 3 heteroatoms. The van der Waals surface area contributed by atoms with Gasteiger partial charge >= 0.3 is 0 Å². The van der Waals surface area contributed by atoms with Crippen LogP contribution in [0.3, 0.4) is 0 Å². The van der Waals surface area contributed by atoms with Crippen molar-refractivity contribution in [3.63, 3.8) is 0 Å². The normalized spacial score (nSPS) is 16.1. The molecule has 2 N–H and O–H groups in total. The number of benzene rings is 1. The standard InChI is InChI=1S/C12H17NO2/c1-9(8-13)6-10-2-3-11-12(7-10)15-5-4-14-11/h2-3,7,9H,4-6,8,13H2,1H3. The van der Waals surface area contributed by atoms with Gasteiger partial charge in [0, 0.05) is 0 Å². The van der Waals surface area contributed by atoms with Crippen LogP contribution in [0.2, 0.25) is 0 Å². The van der Waals surface area contributed by atoms with E-state index in [-0.39, 0.29) is 0 Å². The van der Waals surface area contributed by atoms with E-state index in [2.05, 4.69) is 19.1 Å². The lowest BCUT2D eigenvalue weighted by Gasteiger charge is -2.19. The third kappa shape index (κ3) is 2.42. The van der Waals surface area contributed by atoms with Crippen LogP contribution in [0, 0.1) is 5.92 Å². The lowest BCUT2D eigenvalue weighted by Crippen LogP contribution is -2.16. The zero-order chi connectivity index (χ0) is 10.7. The number of rotatable bonds is 3. The molecule has 1 aromatic carbocycles. The van der Waals surface area contributed by atoms with Gasteiger partial charge < -0.3 is 15.2 Å². The van der Waals surface area contributed by atoms with E-state index in [1.807, 2.05) is 6.07 Å². The zero-order valence-electron chi connectivity index (χ0n) is 9.03. The van der Waals surface area contributed by atoms with E-state index in [1.165, 1.54) is 5.56 Å². The van der Waals surface area contributed by atoms with E-state index in [0.29, 0.717) is 25.7 Å². The Morgan fingerprint density at radius 3 is 2.73 bits per heavy atom. The van der Waals surface area contributed by atoms with Crippen molar-refractivity contribution in [2.45, 2.75) is 13.3 Å². The summed E-state index contributed by atoms with van der Waals surface area (Å²) in [4.78, 5) is 0. The Morgan fingerprint density at radius 2 is 2.00 bits per heavy atom. The molecule has 0 saturated carbocycles. The maximum atomic E-state index is 5.60. The molecular weight excluding hydrogens is 190 g/mol. The average molecular weight is 207 g/mol. The molecule has 0 aromatic heterocycles. The van der Waals surface area contributed by atoms with Crippen LogP contribution in [-0.4, -0.2) is 19.8 Å². The molecule has 0 amide bonds. The predicted octanol–water partition coefficient (Wildman–Crippen LogP) is 1.60. The molecule has 0 bridgehead atoms. The summed E-state index contributed by atoms with van der Waals surface area (Å²) >= 11 is 0. The van der Waals surface area contributed by atoms with Gasteiger partial charge in [0.2, 0.25) is 0 Å². The first-order valence-corrected chi connectivity index (χ1v) is 5.38. The van der Waals surface area contributed by atoms with Gasteiger partial charge in [0.15, 0.2) is 11.5 Å². The summed E-state index contributed by atoms with van der Waals surface area (Å²) < 4.78 is 11.0. The Balaban J connectivity index is 2.13. The van der Waals surface area contributed by atoms with Gasteiger partial charge in [0.25, 0.3) is 0 Å². The van der Waals surface area contributed by atoms with Gasteiger partial charge in [-0.15, -0.1) is 0 Å². The van der Waals surface area contributed by atoms with Crippen molar-refractivity contribution in [1.82, 2.24) is 0 Å². The first-order valence-electron chi connectivity index (χ1n) is 5.38. The minimum atomic E-state index is 0.507. The van der Waals surface area contributed by atoms with Gasteiger partial charge in [-0.2, -0.15) is 0 Å². The fraction of sp³-hybridized carbons (Fsp3) is 0.500. The summed E-state index contributed by atoms with van der Waals surface area (Å²) in [5, 5.41) is 0. The van der Waals surface area contributed by atoms with Crippen molar-refractivity contribution in [2.75, 3.05) is 19.8 Å². The summed E-state index contributed by atoms with van der Waals surface area (Å²) in [6, 6.07) is 6.12. The third-order valence-corrected chi connectivity index (χ3v) is 2.59. The fourth-order valence-corrected chi connectivity index (χ4v) is 1.70. The Hall–Kier alpha value is -1.22. The number of fused-ring (bicyclic) bond motifs is 1. The zero-order valence-corrected chi connectivity index (χ0v) is 9.03. The molecule has 0 spiro atoms. The highest BCUT2D eigenvalue weighted by atomic mass is 16.6. The topological polar surface area (TPSA) is 44.5 Å². The van der Waals surface area contributed by atoms with Crippen LogP contribution in [0.1, 0.15) is 12.5 Å². The average Bonchev–Trinajstić information content (AvgIpc) is 2.29. The van der Waals surface area contributed by atoms with Gasteiger partial charge in [0.1, 0.15) is 13.2 Å². The number of hydrogen-bond donors (Lipinski definition) is 1. The second-order valence-electron chi connectivity index (χ2n) is 4.02. The van der Waals surface area contributed by atoms with Crippen molar-refractivity contribution < 1.29 is 9.47 Å². The summed E-state index contributed by atoms with van der Waals surface area (Å²) in [6.45, 7) is 4.15. The molecule has 0 aliphatic carbocycles. The number of ether oxygens (including phenoxy) is 2. The second kappa shape index (κ2) is 4.53. The molecule has 3 nitrogen and oxygen atoms in total. The van der Waals surface area contributed by atoms with E-state index < -0.39 is 0 Å². The third-order valence-electron chi connectivity index (χ3n) is 2.59. The van der Waals surface area contributed by atoms with Crippen molar-refractivity contribution in [3.05, 3.63) is 23.8 Å². The summed E-state index contributed by atoms with van der Waals surface area (Å²) in [6.07, 6.45) is 0.993.